The summed E-state index contributed by atoms with van der Waals surface area (Å²) >= 11 is 6.45. The molecule has 1 saturated carbocycles. The molecule has 1 fully saturated rings. The molecule has 37 heavy (non-hydrogen) atoms. The van der Waals surface area contributed by atoms with Gasteiger partial charge in [0.2, 0.25) is 0 Å². The second-order valence-electron chi connectivity index (χ2n) is 8.99. The van der Waals surface area contributed by atoms with Crippen molar-refractivity contribution in [3.8, 4) is 17.6 Å². The van der Waals surface area contributed by atoms with Crippen LogP contribution >= 0.6 is 11.6 Å². The minimum absolute atomic E-state index is 0.00483. The molecule has 1 aliphatic carbocycles. The van der Waals surface area contributed by atoms with Crippen LogP contribution in [0.3, 0.4) is 0 Å². The molecule has 194 valence electrons. The zero-order valence-corrected chi connectivity index (χ0v) is 20.6. The number of benzene rings is 2. The molecule has 1 N–H and O–H groups in total. The third-order valence-corrected chi connectivity index (χ3v) is 6.92. The van der Waals surface area contributed by atoms with Gasteiger partial charge in [0, 0.05) is 41.9 Å². The van der Waals surface area contributed by atoms with Crippen molar-refractivity contribution in [3.63, 3.8) is 0 Å². The Hall–Kier alpha value is -3.26. The molecule has 0 amide bonds. The van der Waals surface area contributed by atoms with Gasteiger partial charge in [0.15, 0.2) is 0 Å². The number of hydrogen-bond acceptors (Lipinski definition) is 6. The Bertz CT molecular complexity index is 1490. The average molecular weight is 534 g/mol. The van der Waals surface area contributed by atoms with E-state index < -0.39 is 17.3 Å². The van der Waals surface area contributed by atoms with Crippen LogP contribution in [0.15, 0.2) is 35.1 Å². The first-order valence-electron chi connectivity index (χ1n) is 11.7. The number of hydrogen-bond donors (Lipinski definition) is 1. The first-order chi connectivity index (χ1) is 17.6. The highest BCUT2D eigenvalue weighted by Crippen LogP contribution is 2.57. The summed E-state index contributed by atoms with van der Waals surface area (Å²) in [7, 11) is 1.58. The number of anilines is 2. The lowest BCUT2D eigenvalue weighted by Crippen LogP contribution is -2.28. The molecule has 7 nitrogen and oxygen atoms in total. The van der Waals surface area contributed by atoms with Crippen molar-refractivity contribution in [1.29, 1.82) is 0 Å². The van der Waals surface area contributed by atoms with Crippen LogP contribution in [0, 0.1) is 17.3 Å². The van der Waals surface area contributed by atoms with Gasteiger partial charge in [0.25, 0.3) is 0 Å². The SMILES string of the molecule is Cn1c(=O)nc(N2CCOCc3c(C#CC4(C(F)(F)F)CC4)cccc32)c2cc(Cl)c(OCCO)cc21. The van der Waals surface area contributed by atoms with Crippen molar-refractivity contribution in [2.75, 3.05) is 31.3 Å². The fourth-order valence-electron chi connectivity index (χ4n) is 4.36. The minimum Gasteiger partial charge on any atom is -0.490 e. The van der Waals surface area contributed by atoms with Crippen molar-refractivity contribution in [3.05, 3.63) is 57.0 Å². The molecule has 0 atom stereocenters. The predicted molar refractivity (Wildman–Crippen MR) is 132 cm³/mol. The fourth-order valence-corrected chi connectivity index (χ4v) is 4.58. The van der Waals surface area contributed by atoms with Crippen molar-refractivity contribution in [2.24, 2.45) is 12.5 Å². The van der Waals surface area contributed by atoms with Crippen LogP contribution in [0.2, 0.25) is 5.02 Å². The molecule has 2 heterocycles. The number of aliphatic hydroxyl groups excluding tert-OH is 1. The molecule has 2 aromatic carbocycles. The van der Waals surface area contributed by atoms with Crippen LogP contribution in [0.25, 0.3) is 10.9 Å². The normalized spacial score (nSPS) is 16.5. The van der Waals surface area contributed by atoms with E-state index >= 15 is 0 Å². The number of aliphatic hydroxyl groups is 1. The lowest BCUT2D eigenvalue weighted by Gasteiger charge is -2.25. The summed E-state index contributed by atoms with van der Waals surface area (Å²) in [5.41, 5.74) is -0.255. The van der Waals surface area contributed by atoms with Crippen LogP contribution in [0.1, 0.15) is 24.0 Å². The van der Waals surface area contributed by atoms with Gasteiger partial charge in [-0.25, -0.2) is 4.79 Å². The number of ether oxygens (including phenoxy) is 2. The molecule has 0 unspecified atom stereocenters. The highest BCUT2D eigenvalue weighted by atomic mass is 35.5. The number of aryl methyl sites for hydroxylation is 1. The predicted octanol–water partition coefficient (Wildman–Crippen LogP) is 4.32. The lowest BCUT2D eigenvalue weighted by molar-refractivity contribution is -0.168. The zero-order chi connectivity index (χ0) is 26.4. The van der Waals surface area contributed by atoms with E-state index in [2.05, 4.69) is 16.8 Å². The number of rotatable bonds is 4. The Morgan fingerprint density at radius 2 is 2.08 bits per heavy atom. The molecular weight excluding hydrogens is 511 g/mol. The Morgan fingerprint density at radius 3 is 2.78 bits per heavy atom. The van der Waals surface area contributed by atoms with Gasteiger partial charge in [-0.2, -0.15) is 18.2 Å². The smallest absolute Gasteiger partial charge is 0.405 e. The molecule has 0 spiro atoms. The number of alkyl halides is 3. The average Bonchev–Trinajstić information content (AvgIpc) is 3.68. The summed E-state index contributed by atoms with van der Waals surface area (Å²) in [6.45, 7) is 0.615. The van der Waals surface area contributed by atoms with Crippen LogP contribution in [0.4, 0.5) is 24.7 Å². The van der Waals surface area contributed by atoms with Gasteiger partial charge >= 0.3 is 11.9 Å². The number of aromatic nitrogens is 2. The summed E-state index contributed by atoms with van der Waals surface area (Å²) in [5.74, 6) is 5.86. The van der Waals surface area contributed by atoms with Gasteiger partial charge < -0.3 is 19.5 Å². The van der Waals surface area contributed by atoms with Crippen molar-refractivity contribution in [1.82, 2.24) is 9.55 Å². The molecule has 1 aromatic heterocycles. The highest BCUT2D eigenvalue weighted by Gasteiger charge is 2.62. The quantitative estimate of drug-likeness (QED) is 0.503. The van der Waals surface area contributed by atoms with E-state index in [-0.39, 0.29) is 44.3 Å². The van der Waals surface area contributed by atoms with E-state index in [0.717, 1.165) is 0 Å². The Morgan fingerprint density at radius 1 is 1.30 bits per heavy atom. The Labute approximate surface area is 215 Å². The maximum Gasteiger partial charge on any atom is 0.405 e. The molecule has 1 aliphatic heterocycles. The molecule has 5 rings (SSSR count). The molecule has 0 radical (unpaired) electrons. The van der Waals surface area contributed by atoms with Gasteiger partial charge in [-0.15, -0.1) is 0 Å². The van der Waals surface area contributed by atoms with Gasteiger partial charge in [-0.3, -0.25) is 4.57 Å². The molecule has 0 bridgehead atoms. The summed E-state index contributed by atoms with van der Waals surface area (Å²) in [6.07, 6.45) is -4.38. The first kappa shape index (κ1) is 25.4. The standard InChI is InChI=1S/C26H23ClF3N3O4/c1-32-21-14-22(37-12-10-34)19(27)13-17(21)23(31-24(32)35)33-9-11-36-15-18-16(3-2-4-20(18)33)5-6-25(7-8-25)26(28,29)30/h2-4,13-14,34H,7-12,15H2,1H3. The molecular formula is C26H23ClF3N3O4. The second-order valence-corrected chi connectivity index (χ2v) is 9.39. The lowest BCUT2D eigenvalue weighted by atomic mass is 10.0. The number of fused-ring (bicyclic) bond motifs is 2. The Kier molecular flexibility index (Phi) is 6.56. The van der Waals surface area contributed by atoms with Gasteiger partial charge in [-0.05, 0) is 31.0 Å². The summed E-state index contributed by atoms with van der Waals surface area (Å²) < 4.78 is 52.9. The van der Waals surface area contributed by atoms with Crippen LogP contribution < -0.4 is 15.3 Å². The van der Waals surface area contributed by atoms with Crippen LogP contribution in [-0.4, -0.2) is 47.2 Å². The maximum atomic E-state index is 13.4. The summed E-state index contributed by atoms with van der Waals surface area (Å²) in [6, 6.07) is 8.44. The second kappa shape index (κ2) is 9.56. The van der Waals surface area contributed by atoms with Crippen LogP contribution in [0.5, 0.6) is 5.75 Å². The van der Waals surface area contributed by atoms with Gasteiger partial charge in [0.05, 0.1) is 30.4 Å². The van der Waals surface area contributed by atoms with E-state index in [4.69, 9.17) is 26.2 Å². The van der Waals surface area contributed by atoms with E-state index in [1.54, 1.807) is 42.3 Å². The topological polar surface area (TPSA) is 76.8 Å². The summed E-state index contributed by atoms with van der Waals surface area (Å²) in [4.78, 5) is 18.9. The largest absolute Gasteiger partial charge is 0.490 e. The van der Waals surface area contributed by atoms with Gasteiger partial charge in [0.1, 0.15) is 23.6 Å². The minimum atomic E-state index is -4.37. The van der Waals surface area contributed by atoms with Gasteiger partial charge in [-0.1, -0.05) is 29.5 Å². The van der Waals surface area contributed by atoms with Crippen molar-refractivity contribution in [2.45, 2.75) is 25.6 Å². The molecule has 11 heteroatoms. The third-order valence-electron chi connectivity index (χ3n) is 6.62. The third kappa shape index (κ3) is 4.63. The molecule has 2 aliphatic rings. The monoisotopic (exact) mass is 533 g/mol. The highest BCUT2D eigenvalue weighted by molar-refractivity contribution is 6.33. The van der Waals surface area contributed by atoms with E-state index in [9.17, 15) is 18.0 Å². The van der Waals surface area contributed by atoms with Crippen molar-refractivity contribution >= 4 is 34.0 Å². The summed E-state index contributed by atoms with van der Waals surface area (Å²) in [5, 5.41) is 9.94. The zero-order valence-electron chi connectivity index (χ0n) is 19.9. The molecule has 3 aromatic rings. The maximum absolute atomic E-state index is 13.4. The first-order valence-corrected chi connectivity index (χ1v) is 12.0. The van der Waals surface area contributed by atoms with E-state index in [1.807, 2.05) is 0 Å². The van der Waals surface area contributed by atoms with Crippen LogP contribution in [-0.2, 0) is 18.4 Å². The number of nitrogens with zero attached hydrogens (tertiary/aromatic N) is 3. The fraction of sp³-hybridized carbons (Fsp3) is 0.385. The van der Waals surface area contributed by atoms with E-state index in [0.29, 0.717) is 45.8 Å². The Balaban J connectivity index is 1.64. The molecule has 0 saturated heterocycles. The van der Waals surface area contributed by atoms with E-state index in [1.165, 1.54) is 4.57 Å². The van der Waals surface area contributed by atoms with Crippen molar-refractivity contribution < 1.29 is 27.8 Å². The number of halogens is 4.